The third-order valence-corrected chi connectivity index (χ3v) is 4.74. The highest BCUT2D eigenvalue weighted by atomic mass is 80.0. The van der Waals surface area contributed by atoms with Crippen LogP contribution in [0, 0.1) is 0 Å². The molecule has 2 rings (SSSR count). The van der Waals surface area contributed by atoms with Crippen molar-refractivity contribution in [2.75, 3.05) is 7.11 Å². The molecular formula is C12H9Br6N3O2. The normalized spacial score (nSPS) is 17.6. The molecule has 0 aromatic carbocycles. The van der Waals surface area contributed by atoms with Gasteiger partial charge in [-0.2, -0.15) is 0 Å². The molecule has 0 unspecified atom stereocenters. The summed E-state index contributed by atoms with van der Waals surface area (Å²) in [4.78, 5) is 8.90. The molecule has 2 heterocycles. The standard InChI is InChI=1S/C12H9Br6N3O2/c1-22-8-5-3-6(23-8)2-4-7-19-9(11(13,14)15)21-10(20-7)12(16,17)18/h3-5H,2H2,1H3,(H,19,20,21). The second-order valence-corrected chi connectivity index (χ2v) is 17.8. The average Bonchev–Trinajstić information content (AvgIpc) is 2.91. The lowest BCUT2D eigenvalue weighted by molar-refractivity contribution is 0.296. The van der Waals surface area contributed by atoms with E-state index in [0.29, 0.717) is 29.9 Å². The van der Waals surface area contributed by atoms with E-state index in [2.05, 4.69) is 111 Å². The highest BCUT2D eigenvalue weighted by Crippen LogP contribution is 2.40. The molecule has 1 aliphatic heterocycles. The summed E-state index contributed by atoms with van der Waals surface area (Å²) in [7, 11) is 1.56. The molecule has 23 heavy (non-hydrogen) atoms. The number of furan rings is 1. The third kappa shape index (κ3) is 5.95. The second kappa shape index (κ2) is 8.03. The van der Waals surface area contributed by atoms with Crippen molar-refractivity contribution in [1.29, 1.82) is 0 Å². The minimum Gasteiger partial charge on any atom is -0.468 e. The number of hydrogen-bond donors (Lipinski definition) is 1. The molecule has 0 spiro atoms. The molecule has 0 saturated carbocycles. The molecule has 0 saturated heterocycles. The van der Waals surface area contributed by atoms with Gasteiger partial charge in [-0.1, -0.05) is 95.6 Å². The topological polar surface area (TPSA) is 59.1 Å². The molecule has 1 aliphatic rings. The van der Waals surface area contributed by atoms with Gasteiger partial charge in [0.15, 0.2) is 10.1 Å². The van der Waals surface area contributed by atoms with Crippen molar-refractivity contribution in [1.82, 2.24) is 5.32 Å². The first-order valence-electron chi connectivity index (χ1n) is 6.01. The van der Waals surface area contributed by atoms with Gasteiger partial charge in [0.2, 0.25) is 0 Å². The van der Waals surface area contributed by atoms with Crippen LogP contribution < -0.4 is 10.1 Å². The van der Waals surface area contributed by atoms with Crippen LogP contribution in [-0.4, -0.2) is 23.1 Å². The maximum absolute atomic E-state index is 5.48. The van der Waals surface area contributed by atoms with E-state index in [1.807, 2.05) is 12.1 Å². The number of rotatable bonds is 3. The Morgan fingerprint density at radius 1 is 1.13 bits per heavy atom. The van der Waals surface area contributed by atoms with E-state index in [9.17, 15) is 0 Å². The summed E-state index contributed by atoms with van der Waals surface area (Å²) in [5.74, 6) is 2.96. The van der Waals surface area contributed by atoms with Crippen molar-refractivity contribution < 1.29 is 9.15 Å². The van der Waals surface area contributed by atoms with Gasteiger partial charge in [-0.05, 0) is 12.1 Å². The Kier molecular flexibility index (Phi) is 7.03. The zero-order valence-electron chi connectivity index (χ0n) is 11.4. The zero-order chi connectivity index (χ0) is 17.3. The van der Waals surface area contributed by atoms with Crippen LogP contribution in [0.5, 0.6) is 5.95 Å². The molecule has 0 fully saturated rings. The molecule has 0 amide bonds. The lowest BCUT2D eigenvalue weighted by Crippen LogP contribution is -2.38. The second-order valence-electron chi connectivity index (χ2n) is 4.23. The first kappa shape index (κ1) is 20.2. The zero-order valence-corrected chi connectivity index (χ0v) is 20.9. The van der Waals surface area contributed by atoms with Crippen molar-refractivity contribution in [3.63, 3.8) is 0 Å². The van der Waals surface area contributed by atoms with Crippen LogP contribution in [0.25, 0.3) is 0 Å². The van der Waals surface area contributed by atoms with Crippen LogP contribution in [0.1, 0.15) is 5.76 Å². The first-order chi connectivity index (χ1) is 10.6. The van der Waals surface area contributed by atoms with Gasteiger partial charge in [-0.25, -0.2) is 9.98 Å². The summed E-state index contributed by atoms with van der Waals surface area (Å²) in [5.41, 5.74) is 0. The molecule has 5 nitrogen and oxygen atoms in total. The number of hydrogen-bond acceptors (Lipinski definition) is 5. The van der Waals surface area contributed by atoms with Gasteiger partial charge in [0.1, 0.15) is 17.4 Å². The van der Waals surface area contributed by atoms with E-state index in [1.54, 1.807) is 13.2 Å². The Bertz CT molecular complexity index is 669. The van der Waals surface area contributed by atoms with Crippen LogP contribution >= 0.6 is 95.6 Å². The summed E-state index contributed by atoms with van der Waals surface area (Å²) in [6.07, 6.45) is 2.44. The van der Waals surface area contributed by atoms with Gasteiger partial charge in [0.05, 0.1) is 7.11 Å². The molecule has 0 aliphatic carbocycles. The van der Waals surface area contributed by atoms with Crippen molar-refractivity contribution in [2.45, 2.75) is 10.7 Å². The number of ether oxygens (including phenoxy) is 1. The van der Waals surface area contributed by atoms with Crippen LogP contribution in [0.4, 0.5) is 0 Å². The van der Waals surface area contributed by atoms with E-state index < -0.39 is 4.29 Å². The predicted octanol–water partition coefficient (Wildman–Crippen LogP) is 5.75. The van der Waals surface area contributed by atoms with E-state index in [-0.39, 0.29) is 0 Å². The molecule has 0 radical (unpaired) electrons. The van der Waals surface area contributed by atoms with Crippen molar-refractivity contribution >= 4 is 107 Å². The smallest absolute Gasteiger partial charge is 0.284 e. The Hall–Kier alpha value is 0.840. The van der Waals surface area contributed by atoms with Crippen LogP contribution in [-0.2, 0) is 6.42 Å². The van der Waals surface area contributed by atoms with Gasteiger partial charge in [-0.3, -0.25) is 0 Å². The maximum Gasteiger partial charge on any atom is 0.284 e. The molecular weight excluding hydrogens is 698 g/mol. The maximum atomic E-state index is 5.48. The Morgan fingerprint density at radius 3 is 2.35 bits per heavy atom. The Balaban J connectivity index is 2.26. The Labute approximate surface area is 183 Å². The van der Waals surface area contributed by atoms with Gasteiger partial charge in [0, 0.05) is 12.5 Å². The molecule has 0 bridgehead atoms. The number of aliphatic imine (C=N–C) groups is 2. The summed E-state index contributed by atoms with van der Waals surface area (Å²) in [5, 5.41) is 3.13. The number of methoxy groups -OCH3 is 1. The first-order valence-corrected chi connectivity index (χ1v) is 10.8. The quantitative estimate of drug-likeness (QED) is 0.408. The monoisotopic (exact) mass is 701 g/mol. The highest BCUT2D eigenvalue weighted by Gasteiger charge is 2.34. The number of halogens is 6. The summed E-state index contributed by atoms with van der Waals surface area (Å²) in [6, 6.07) is 3.62. The van der Waals surface area contributed by atoms with Crippen LogP contribution in [0.15, 0.2) is 38.4 Å². The third-order valence-electron chi connectivity index (χ3n) is 2.55. The predicted molar refractivity (Wildman–Crippen MR) is 114 cm³/mol. The minimum atomic E-state index is -0.731. The SMILES string of the molecule is COc1ccc(C/C=C2/N=C(C(Br)(Br)Br)N=C(C(Br)(Br)Br)N2)o1. The molecule has 126 valence electrons. The Morgan fingerprint density at radius 2 is 1.83 bits per heavy atom. The van der Waals surface area contributed by atoms with Gasteiger partial charge in [-0.15, -0.1) is 0 Å². The van der Waals surface area contributed by atoms with E-state index >= 15 is 0 Å². The fourth-order valence-corrected chi connectivity index (χ4v) is 2.65. The van der Waals surface area contributed by atoms with Crippen molar-refractivity contribution in [2.24, 2.45) is 9.98 Å². The highest BCUT2D eigenvalue weighted by molar-refractivity contribution is 9.40. The van der Waals surface area contributed by atoms with Gasteiger partial charge < -0.3 is 14.5 Å². The number of allylic oxidation sites excluding steroid dienone is 1. The minimum absolute atomic E-state index is 0.474. The fraction of sp³-hybridized carbons (Fsp3) is 0.333. The number of alkyl halides is 6. The summed E-state index contributed by atoms with van der Waals surface area (Å²) in [6.45, 7) is 0. The lowest BCUT2D eigenvalue weighted by atomic mass is 10.3. The molecule has 0 atom stereocenters. The largest absolute Gasteiger partial charge is 0.468 e. The lowest BCUT2D eigenvalue weighted by Gasteiger charge is -2.24. The molecule has 11 heteroatoms. The molecule has 1 aromatic heterocycles. The van der Waals surface area contributed by atoms with E-state index in [4.69, 9.17) is 9.15 Å². The van der Waals surface area contributed by atoms with Crippen molar-refractivity contribution in [3.8, 4) is 5.95 Å². The average molecular weight is 707 g/mol. The molecule has 1 N–H and O–H groups in total. The fourth-order valence-electron chi connectivity index (χ4n) is 1.55. The summed E-state index contributed by atoms with van der Waals surface area (Å²) >= 11 is 20.6. The van der Waals surface area contributed by atoms with E-state index in [1.165, 1.54) is 0 Å². The van der Waals surface area contributed by atoms with Crippen LogP contribution in [0.3, 0.4) is 0 Å². The van der Waals surface area contributed by atoms with Gasteiger partial charge >= 0.3 is 0 Å². The molecule has 1 aromatic rings. The van der Waals surface area contributed by atoms with Crippen LogP contribution in [0.2, 0.25) is 0 Å². The number of nitrogens with one attached hydrogen (secondary N) is 1. The van der Waals surface area contributed by atoms with Crippen molar-refractivity contribution in [3.05, 3.63) is 29.8 Å². The summed E-state index contributed by atoms with van der Waals surface area (Å²) < 4.78 is 9.08. The number of amidine groups is 2. The number of nitrogens with zero attached hydrogens (tertiary/aromatic N) is 2. The van der Waals surface area contributed by atoms with E-state index in [0.717, 1.165) is 5.76 Å². The van der Waals surface area contributed by atoms with Gasteiger partial charge in [0.25, 0.3) is 5.95 Å².